The van der Waals surface area contributed by atoms with E-state index in [9.17, 15) is 4.79 Å². The predicted octanol–water partition coefficient (Wildman–Crippen LogP) is 1.11. The summed E-state index contributed by atoms with van der Waals surface area (Å²) in [6.07, 6.45) is 1.26. The van der Waals surface area contributed by atoms with Crippen LogP contribution < -0.4 is 5.56 Å². The molecule has 1 N–H and O–H groups in total. The third kappa shape index (κ3) is 3.93. The van der Waals surface area contributed by atoms with Gasteiger partial charge < -0.3 is 16.9 Å². The van der Waals surface area contributed by atoms with Gasteiger partial charge >= 0.3 is 0 Å². The van der Waals surface area contributed by atoms with Crippen LogP contribution in [0.2, 0.25) is 0 Å². The van der Waals surface area contributed by atoms with Crippen molar-refractivity contribution in [1.82, 2.24) is 4.73 Å². The van der Waals surface area contributed by atoms with Crippen molar-refractivity contribution in [2.45, 2.75) is 6.92 Å². The molecule has 0 aliphatic heterocycles. The van der Waals surface area contributed by atoms with E-state index < -0.39 is 5.56 Å². The Morgan fingerprint density at radius 1 is 1.50 bits per heavy atom. The molecule has 0 saturated carbocycles. The minimum atomic E-state index is -0.475. The van der Waals surface area contributed by atoms with E-state index in [1.807, 2.05) is 0 Å². The second kappa shape index (κ2) is 7.38. The van der Waals surface area contributed by atoms with Crippen LogP contribution in [0.5, 0.6) is 0 Å². The molecule has 0 amide bonds. The van der Waals surface area contributed by atoms with Crippen LogP contribution in [-0.2, 0) is 32.7 Å². The SMILES string of the molecule is [CH2-]C.[CH2-]c1cccn(O)c1=O.[Y]. The van der Waals surface area contributed by atoms with Crippen molar-refractivity contribution >= 4 is 0 Å². The maximum atomic E-state index is 10.6. The van der Waals surface area contributed by atoms with Gasteiger partial charge in [0.2, 0.25) is 0 Å². The van der Waals surface area contributed by atoms with E-state index in [0.717, 1.165) is 0 Å². The van der Waals surface area contributed by atoms with Crippen molar-refractivity contribution in [2.75, 3.05) is 0 Å². The predicted molar refractivity (Wildman–Crippen MR) is 43.4 cm³/mol. The Bertz CT molecular complexity index is 247. The molecule has 0 fully saturated rings. The fourth-order valence-electron chi connectivity index (χ4n) is 0.527. The normalized spacial score (nSPS) is 7.50. The molecule has 1 rings (SSSR count). The topological polar surface area (TPSA) is 42.2 Å². The number of aromatic nitrogens is 1. The van der Waals surface area contributed by atoms with E-state index in [2.05, 4.69) is 13.8 Å². The summed E-state index contributed by atoms with van der Waals surface area (Å²) < 4.78 is 0.502. The van der Waals surface area contributed by atoms with Gasteiger partial charge in [-0.05, 0) is 0 Å². The Morgan fingerprint density at radius 2 is 2.00 bits per heavy atom. The van der Waals surface area contributed by atoms with Crippen LogP contribution in [0.15, 0.2) is 23.1 Å². The Balaban J connectivity index is 0. The second-order valence-corrected chi connectivity index (χ2v) is 1.68. The van der Waals surface area contributed by atoms with Crippen molar-refractivity contribution < 1.29 is 37.9 Å². The Hall–Kier alpha value is -0.276. The summed E-state index contributed by atoms with van der Waals surface area (Å²) in [6.45, 7) is 8.39. The summed E-state index contributed by atoms with van der Waals surface area (Å²) in [5, 5.41) is 8.66. The summed E-state index contributed by atoms with van der Waals surface area (Å²) in [5.74, 6) is 0. The molecule has 1 radical (unpaired) electrons. The number of hydrogen-bond donors (Lipinski definition) is 1. The van der Waals surface area contributed by atoms with E-state index in [4.69, 9.17) is 5.21 Å². The first kappa shape index (κ1) is 14.3. The van der Waals surface area contributed by atoms with Crippen LogP contribution in [-0.4, -0.2) is 9.94 Å². The van der Waals surface area contributed by atoms with E-state index in [1.54, 1.807) is 13.0 Å². The van der Waals surface area contributed by atoms with Gasteiger partial charge in [-0.3, -0.25) is 0 Å². The fraction of sp³-hybridized carbons (Fsp3) is 0.125. The molecule has 0 unspecified atom stereocenters. The third-order valence-electron chi connectivity index (χ3n) is 1.01. The van der Waals surface area contributed by atoms with Crippen LogP contribution in [0, 0.1) is 13.8 Å². The van der Waals surface area contributed by atoms with Gasteiger partial charge in [-0.15, -0.1) is 5.56 Å². The molecule has 1 heterocycles. The molecular formula is C8H11NO2Y-2. The van der Waals surface area contributed by atoms with Gasteiger partial charge in [0.25, 0.3) is 0 Å². The van der Waals surface area contributed by atoms with Gasteiger partial charge in [0, 0.05) is 38.9 Å². The first-order valence-electron chi connectivity index (χ1n) is 3.15. The van der Waals surface area contributed by atoms with Gasteiger partial charge in [-0.2, -0.15) is 19.9 Å². The Kier molecular flexibility index (Phi) is 8.77. The molecule has 0 aliphatic rings. The maximum Gasteiger partial charge on any atom is 0.174 e. The van der Waals surface area contributed by atoms with Crippen molar-refractivity contribution in [2.24, 2.45) is 0 Å². The third-order valence-corrected chi connectivity index (χ3v) is 1.01. The van der Waals surface area contributed by atoms with Gasteiger partial charge in [0.15, 0.2) is 5.56 Å². The molecule has 1 aromatic heterocycles. The Morgan fingerprint density at radius 3 is 2.33 bits per heavy atom. The minimum Gasteiger partial charge on any atom is -0.437 e. The van der Waals surface area contributed by atoms with Gasteiger partial charge in [0.1, 0.15) is 0 Å². The molecular weight excluding hydrogens is 231 g/mol. The summed E-state index contributed by atoms with van der Waals surface area (Å²) in [4.78, 5) is 10.6. The maximum absolute atomic E-state index is 10.6. The van der Waals surface area contributed by atoms with Crippen LogP contribution in [0.1, 0.15) is 12.5 Å². The number of hydrogen-bond acceptors (Lipinski definition) is 2. The van der Waals surface area contributed by atoms with Gasteiger partial charge in [-0.1, -0.05) is 6.07 Å². The first-order chi connectivity index (χ1) is 5.22. The van der Waals surface area contributed by atoms with Crippen molar-refractivity contribution in [3.63, 3.8) is 0 Å². The molecule has 4 heteroatoms. The summed E-state index contributed by atoms with van der Waals surface area (Å²) >= 11 is 0. The molecule has 12 heavy (non-hydrogen) atoms. The second-order valence-electron chi connectivity index (χ2n) is 1.68. The van der Waals surface area contributed by atoms with E-state index in [1.165, 1.54) is 12.3 Å². The standard InChI is InChI=1S/C6H6NO2.C2H5.Y/c1-5-3-2-4-7(9)6(5)8;1-2;/h2-4,9H,1H2;1H2,2H3;/q2*-1;. The van der Waals surface area contributed by atoms with Crippen molar-refractivity contribution in [3.05, 3.63) is 48.1 Å². The number of nitrogens with zero attached hydrogens (tertiary/aromatic N) is 1. The summed E-state index contributed by atoms with van der Waals surface area (Å²) in [6, 6.07) is 3.08. The van der Waals surface area contributed by atoms with Crippen LogP contribution in [0.4, 0.5) is 0 Å². The van der Waals surface area contributed by atoms with Gasteiger partial charge in [-0.25, -0.2) is 4.73 Å². The van der Waals surface area contributed by atoms with Crippen LogP contribution in [0.3, 0.4) is 0 Å². The molecule has 65 valence electrons. The molecule has 0 aromatic carbocycles. The van der Waals surface area contributed by atoms with Crippen molar-refractivity contribution in [3.8, 4) is 0 Å². The molecule has 0 bridgehead atoms. The zero-order valence-electron chi connectivity index (χ0n) is 7.03. The van der Waals surface area contributed by atoms with Crippen LogP contribution in [0.25, 0.3) is 0 Å². The van der Waals surface area contributed by atoms with Crippen molar-refractivity contribution in [1.29, 1.82) is 0 Å². The average Bonchev–Trinajstić information content (AvgIpc) is 2.04. The van der Waals surface area contributed by atoms with E-state index >= 15 is 0 Å². The van der Waals surface area contributed by atoms with Crippen LogP contribution >= 0.6 is 0 Å². The zero-order valence-corrected chi connectivity index (χ0v) is 9.86. The largest absolute Gasteiger partial charge is 0.437 e. The molecule has 3 nitrogen and oxygen atoms in total. The van der Waals surface area contributed by atoms with Gasteiger partial charge in [0.05, 0.1) is 0 Å². The molecule has 0 saturated heterocycles. The Labute approximate surface area is 97.3 Å². The quantitative estimate of drug-likeness (QED) is 0.547. The summed E-state index contributed by atoms with van der Waals surface area (Å²) in [7, 11) is 0. The monoisotopic (exact) mass is 242 g/mol. The summed E-state index contributed by atoms with van der Waals surface area (Å²) in [5.41, 5.74) is -0.183. The molecule has 0 atom stereocenters. The smallest absolute Gasteiger partial charge is 0.174 e. The zero-order chi connectivity index (χ0) is 8.85. The number of rotatable bonds is 0. The molecule has 0 spiro atoms. The fourth-order valence-corrected chi connectivity index (χ4v) is 0.527. The van der Waals surface area contributed by atoms with E-state index in [-0.39, 0.29) is 32.7 Å². The number of pyridine rings is 1. The average molecular weight is 242 g/mol. The molecule has 0 aliphatic carbocycles. The molecule has 1 aromatic rings. The van der Waals surface area contributed by atoms with E-state index in [0.29, 0.717) is 10.3 Å². The first-order valence-corrected chi connectivity index (χ1v) is 3.15. The minimum absolute atomic E-state index is 0.